The Kier molecular flexibility index (Phi) is 2.92. The number of rotatable bonds is 1. The van der Waals surface area contributed by atoms with Gasteiger partial charge in [0.1, 0.15) is 12.1 Å². The molecule has 1 aliphatic heterocycles. The summed E-state index contributed by atoms with van der Waals surface area (Å²) in [6.45, 7) is 4.41. The van der Waals surface area contributed by atoms with E-state index in [2.05, 4.69) is 22.1 Å². The Bertz CT molecular complexity index is 1050. The summed E-state index contributed by atoms with van der Waals surface area (Å²) < 4.78 is 30.4. The zero-order chi connectivity index (χ0) is 17.0. The van der Waals surface area contributed by atoms with Crippen LogP contribution in [0.5, 0.6) is 0 Å². The summed E-state index contributed by atoms with van der Waals surface area (Å²) in [7, 11) is 1.80. The molecule has 0 aliphatic carbocycles. The van der Waals surface area contributed by atoms with E-state index in [1.54, 1.807) is 11.9 Å². The van der Waals surface area contributed by atoms with Gasteiger partial charge >= 0.3 is 0 Å². The molecule has 0 bridgehead atoms. The number of aromatic nitrogens is 4. The second-order valence-electron chi connectivity index (χ2n) is 5.44. The molecule has 1 aromatic carbocycles. The third-order valence-electron chi connectivity index (χ3n) is 4.05. The molecule has 1 aliphatic rings. The summed E-state index contributed by atoms with van der Waals surface area (Å²) >= 11 is 0. The molecule has 0 saturated carbocycles. The maximum absolute atomic E-state index is 14.6. The van der Waals surface area contributed by atoms with Crippen LogP contribution in [0, 0.1) is 11.8 Å². The molecule has 122 valence electrons. The Morgan fingerprint density at radius 1 is 1.25 bits per heavy atom. The van der Waals surface area contributed by atoms with E-state index in [1.807, 2.05) is 0 Å². The van der Waals surface area contributed by atoms with Gasteiger partial charge in [0.25, 0.3) is 5.56 Å². The average molecular weight is 330 g/mol. The molecule has 3 heterocycles. The molecule has 3 aromatic rings. The number of likely N-dealkylation sites (N-methyl/N-ethyl adjacent to an activating group) is 1. The van der Waals surface area contributed by atoms with E-state index in [9.17, 15) is 13.6 Å². The highest BCUT2D eigenvalue weighted by molar-refractivity contribution is 5.78. The van der Waals surface area contributed by atoms with Crippen molar-refractivity contribution >= 4 is 17.2 Å². The topological polar surface area (TPSA) is 67.5 Å². The van der Waals surface area contributed by atoms with Crippen LogP contribution in [0.4, 0.5) is 20.2 Å². The maximum Gasteiger partial charge on any atom is 0.262 e. The summed E-state index contributed by atoms with van der Waals surface area (Å²) in [5.41, 5.74) is 1.24. The van der Waals surface area contributed by atoms with E-state index >= 15 is 0 Å². The minimum atomic E-state index is -0.818. The predicted octanol–water partition coefficient (Wildman–Crippen LogP) is 1.53. The number of hydrogen-bond donors (Lipinski definition) is 1. The third-order valence-corrected chi connectivity index (χ3v) is 4.05. The van der Waals surface area contributed by atoms with Gasteiger partial charge in [-0.3, -0.25) is 4.79 Å². The third kappa shape index (κ3) is 1.91. The monoisotopic (exact) mass is 330 g/mol. The van der Waals surface area contributed by atoms with Crippen molar-refractivity contribution in [3.05, 3.63) is 58.9 Å². The molecule has 0 fully saturated rings. The van der Waals surface area contributed by atoms with Crippen LogP contribution < -0.4 is 15.8 Å². The fourth-order valence-corrected chi connectivity index (χ4v) is 2.72. The summed E-state index contributed by atoms with van der Waals surface area (Å²) in [6, 6.07) is 3.54. The lowest BCUT2D eigenvalue weighted by Gasteiger charge is -2.31. The number of fused-ring (bicyclic) bond motifs is 2. The van der Waals surface area contributed by atoms with Crippen molar-refractivity contribution < 1.29 is 8.78 Å². The first-order valence-corrected chi connectivity index (χ1v) is 7.08. The Balaban J connectivity index is 2.04. The first kappa shape index (κ1) is 14.4. The number of benzene rings is 1. The van der Waals surface area contributed by atoms with Crippen molar-refractivity contribution in [2.24, 2.45) is 0 Å². The maximum atomic E-state index is 14.6. The lowest BCUT2D eigenvalue weighted by Crippen LogP contribution is -2.29. The van der Waals surface area contributed by atoms with Crippen LogP contribution in [0.3, 0.4) is 0 Å². The van der Waals surface area contributed by atoms with Crippen molar-refractivity contribution in [2.75, 3.05) is 23.8 Å². The van der Waals surface area contributed by atoms with Gasteiger partial charge in [0.15, 0.2) is 0 Å². The first-order valence-electron chi connectivity index (χ1n) is 7.08. The Morgan fingerprint density at radius 2 is 2.04 bits per heavy atom. The molecule has 4 rings (SSSR count). The smallest absolute Gasteiger partial charge is 0.262 e. The van der Waals surface area contributed by atoms with Gasteiger partial charge < -0.3 is 10.2 Å². The second kappa shape index (κ2) is 4.88. The van der Waals surface area contributed by atoms with Gasteiger partial charge in [-0.25, -0.2) is 13.4 Å². The molecule has 9 heteroatoms. The van der Waals surface area contributed by atoms with Crippen LogP contribution in [-0.4, -0.2) is 32.8 Å². The molecule has 0 radical (unpaired) electrons. The molecule has 0 unspecified atom stereocenters. The number of hydrogen-bond acceptors (Lipinski definition) is 5. The molecule has 0 saturated heterocycles. The zero-order valence-corrected chi connectivity index (χ0v) is 12.6. The highest BCUT2D eigenvalue weighted by Gasteiger charge is 2.22. The SMILES string of the molecule is C=C1CNc2cc(F)c(-n3c(=O)cc(F)n4cnnc34)cc2N1C. The van der Waals surface area contributed by atoms with Gasteiger partial charge in [0, 0.05) is 18.8 Å². The van der Waals surface area contributed by atoms with E-state index in [0.717, 1.165) is 27.1 Å². The molecule has 1 N–H and O–H groups in total. The zero-order valence-electron chi connectivity index (χ0n) is 12.6. The first-order chi connectivity index (χ1) is 11.5. The summed E-state index contributed by atoms with van der Waals surface area (Å²) in [5.74, 6) is -1.56. The van der Waals surface area contributed by atoms with Crippen LogP contribution in [0.2, 0.25) is 0 Å². The highest BCUT2D eigenvalue weighted by Crippen LogP contribution is 2.34. The van der Waals surface area contributed by atoms with E-state index in [4.69, 9.17) is 0 Å². The number of nitrogens with one attached hydrogen (secondary N) is 1. The molecule has 24 heavy (non-hydrogen) atoms. The van der Waals surface area contributed by atoms with Crippen LogP contribution in [0.15, 0.2) is 41.6 Å². The molecule has 2 aromatic heterocycles. The summed E-state index contributed by atoms with van der Waals surface area (Å²) in [6.07, 6.45) is 1.12. The quantitative estimate of drug-likeness (QED) is 0.686. The van der Waals surface area contributed by atoms with Gasteiger partial charge in [0.05, 0.1) is 29.7 Å². The fraction of sp³-hybridized carbons (Fsp3) is 0.133. The van der Waals surface area contributed by atoms with E-state index in [0.29, 0.717) is 17.9 Å². The van der Waals surface area contributed by atoms with Crippen molar-refractivity contribution in [3.8, 4) is 5.69 Å². The number of anilines is 2. The molecule has 0 spiro atoms. The highest BCUT2D eigenvalue weighted by atomic mass is 19.1. The summed E-state index contributed by atoms with van der Waals surface area (Å²) in [5, 5.41) is 10.4. The molecular formula is C15H12F2N6O. The van der Waals surface area contributed by atoms with Gasteiger partial charge in [0.2, 0.25) is 11.7 Å². The Morgan fingerprint density at radius 3 is 2.83 bits per heavy atom. The van der Waals surface area contributed by atoms with E-state index in [1.165, 1.54) is 12.1 Å². The normalized spacial score (nSPS) is 14.0. The minimum Gasteiger partial charge on any atom is -0.378 e. The Labute approximate surface area is 134 Å². The predicted molar refractivity (Wildman–Crippen MR) is 84.5 cm³/mol. The van der Waals surface area contributed by atoms with Gasteiger partial charge in [-0.2, -0.15) is 4.39 Å². The van der Waals surface area contributed by atoms with Gasteiger partial charge in [-0.05, 0) is 6.07 Å². The Hall–Kier alpha value is -3.23. The lowest BCUT2D eigenvalue weighted by atomic mass is 10.1. The number of nitrogens with zero attached hydrogens (tertiary/aromatic N) is 5. The van der Waals surface area contributed by atoms with Crippen molar-refractivity contribution in [1.82, 2.24) is 19.2 Å². The van der Waals surface area contributed by atoms with Crippen LogP contribution >= 0.6 is 0 Å². The standard InChI is InChI=1S/C15H12F2N6O/c1-8-6-18-10-3-9(16)11(4-12(10)21(8)2)23-14(24)5-13(17)22-7-19-20-15(22)23/h3-5,7,18H,1,6H2,2H3. The lowest BCUT2D eigenvalue weighted by molar-refractivity contribution is 0.554. The number of halogens is 2. The van der Waals surface area contributed by atoms with Gasteiger partial charge in [-0.1, -0.05) is 6.58 Å². The van der Waals surface area contributed by atoms with Gasteiger partial charge in [-0.15, -0.1) is 10.2 Å². The summed E-state index contributed by atoms with van der Waals surface area (Å²) in [4.78, 5) is 14.0. The van der Waals surface area contributed by atoms with Crippen LogP contribution in [0.25, 0.3) is 11.5 Å². The molecule has 7 nitrogen and oxygen atoms in total. The molecular weight excluding hydrogens is 318 g/mol. The van der Waals surface area contributed by atoms with Crippen molar-refractivity contribution in [2.45, 2.75) is 0 Å². The largest absolute Gasteiger partial charge is 0.378 e. The minimum absolute atomic E-state index is 0.0416. The van der Waals surface area contributed by atoms with Crippen molar-refractivity contribution in [1.29, 1.82) is 0 Å². The second-order valence-corrected chi connectivity index (χ2v) is 5.44. The average Bonchev–Trinajstić information content (AvgIpc) is 3.02. The fourth-order valence-electron chi connectivity index (χ4n) is 2.72. The van der Waals surface area contributed by atoms with E-state index in [-0.39, 0.29) is 11.5 Å². The molecule has 0 amide bonds. The van der Waals surface area contributed by atoms with Crippen LogP contribution in [-0.2, 0) is 0 Å². The van der Waals surface area contributed by atoms with Crippen molar-refractivity contribution in [3.63, 3.8) is 0 Å². The van der Waals surface area contributed by atoms with E-state index < -0.39 is 17.3 Å². The molecule has 0 atom stereocenters. The van der Waals surface area contributed by atoms with Crippen LogP contribution in [0.1, 0.15) is 0 Å².